The third-order valence-corrected chi connectivity index (χ3v) is 3.85. The molecule has 0 atom stereocenters. The van der Waals surface area contributed by atoms with Crippen LogP contribution in [0.4, 0.5) is 0 Å². The Morgan fingerprint density at radius 3 is 2.83 bits per heavy atom. The lowest BCUT2D eigenvalue weighted by Gasteiger charge is -2.09. The second kappa shape index (κ2) is 6.57. The van der Waals surface area contributed by atoms with Gasteiger partial charge in [0.1, 0.15) is 5.75 Å². The molecule has 0 saturated carbocycles. The number of aromatic nitrogens is 1. The van der Waals surface area contributed by atoms with Gasteiger partial charge in [-0.15, -0.1) is 0 Å². The van der Waals surface area contributed by atoms with Crippen molar-refractivity contribution in [2.45, 2.75) is 19.9 Å². The first kappa shape index (κ1) is 15.2. The molecular weight excluding hydrogens is 288 g/mol. The van der Waals surface area contributed by atoms with Crippen LogP contribution in [0.5, 0.6) is 5.75 Å². The second-order valence-electron chi connectivity index (χ2n) is 5.64. The Labute approximate surface area is 135 Å². The molecule has 3 rings (SSSR count). The number of ether oxygens (including phenoxy) is 1. The van der Waals surface area contributed by atoms with Crippen LogP contribution >= 0.6 is 0 Å². The normalized spacial score (nSPS) is 10.7. The first-order valence-electron chi connectivity index (χ1n) is 7.62. The molecule has 0 fully saturated rings. The Hall–Kier alpha value is -2.75. The maximum absolute atomic E-state index is 12.2. The van der Waals surface area contributed by atoms with Crippen molar-refractivity contribution < 1.29 is 9.53 Å². The van der Waals surface area contributed by atoms with Crippen molar-refractivity contribution in [2.24, 2.45) is 0 Å². The van der Waals surface area contributed by atoms with E-state index in [0.29, 0.717) is 13.0 Å². The highest BCUT2D eigenvalue weighted by Gasteiger charge is 2.07. The Morgan fingerprint density at radius 2 is 2.00 bits per heavy atom. The lowest BCUT2D eigenvalue weighted by molar-refractivity contribution is -0.120. The summed E-state index contributed by atoms with van der Waals surface area (Å²) < 4.78 is 5.29. The van der Waals surface area contributed by atoms with Crippen LogP contribution in [0.2, 0.25) is 0 Å². The predicted octanol–water partition coefficient (Wildman–Crippen LogP) is 3.34. The predicted molar refractivity (Wildman–Crippen MR) is 91.6 cm³/mol. The van der Waals surface area contributed by atoms with E-state index < -0.39 is 0 Å². The van der Waals surface area contributed by atoms with Crippen LogP contribution in [-0.4, -0.2) is 18.0 Å². The van der Waals surface area contributed by atoms with Crippen molar-refractivity contribution in [2.75, 3.05) is 7.11 Å². The fourth-order valence-corrected chi connectivity index (χ4v) is 2.73. The molecule has 3 aromatic rings. The maximum Gasteiger partial charge on any atom is 0.224 e. The van der Waals surface area contributed by atoms with E-state index in [0.717, 1.165) is 33.5 Å². The van der Waals surface area contributed by atoms with Gasteiger partial charge in [-0.25, -0.2) is 0 Å². The Balaban J connectivity index is 1.64. The molecule has 0 aliphatic carbocycles. The van der Waals surface area contributed by atoms with Gasteiger partial charge in [0.05, 0.1) is 13.5 Å². The highest BCUT2D eigenvalue weighted by atomic mass is 16.5. The molecule has 2 N–H and O–H groups in total. The number of para-hydroxylation sites is 1. The van der Waals surface area contributed by atoms with Crippen molar-refractivity contribution in [1.82, 2.24) is 10.3 Å². The minimum absolute atomic E-state index is 0.00233. The Bertz CT molecular complexity index is 836. The molecule has 1 aromatic heterocycles. The molecule has 0 saturated heterocycles. The molecule has 0 aliphatic rings. The van der Waals surface area contributed by atoms with Crippen molar-refractivity contribution in [3.05, 3.63) is 65.4 Å². The lowest BCUT2D eigenvalue weighted by Crippen LogP contribution is -2.24. The van der Waals surface area contributed by atoms with Crippen molar-refractivity contribution in [1.29, 1.82) is 0 Å². The van der Waals surface area contributed by atoms with Crippen LogP contribution in [0.25, 0.3) is 10.9 Å². The summed E-state index contributed by atoms with van der Waals surface area (Å²) in [7, 11) is 1.63. The molecular formula is C19H20N2O2. The van der Waals surface area contributed by atoms with Crippen molar-refractivity contribution in [3.63, 3.8) is 0 Å². The summed E-state index contributed by atoms with van der Waals surface area (Å²) in [5, 5.41) is 4.09. The molecule has 1 heterocycles. The van der Waals surface area contributed by atoms with Gasteiger partial charge in [-0.1, -0.05) is 24.3 Å². The lowest BCUT2D eigenvalue weighted by atomic mass is 10.1. The van der Waals surface area contributed by atoms with Gasteiger partial charge in [0.2, 0.25) is 5.91 Å². The number of aromatic amines is 1. The smallest absolute Gasteiger partial charge is 0.224 e. The first-order valence-corrected chi connectivity index (χ1v) is 7.62. The molecule has 1 amide bonds. The number of carbonyl (C=O) groups excluding carboxylic acids is 1. The number of hydrogen-bond acceptors (Lipinski definition) is 2. The van der Waals surface area contributed by atoms with Gasteiger partial charge in [0, 0.05) is 23.3 Å². The van der Waals surface area contributed by atoms with E-state index in [9.17, 15) is 4.79 Å². The van der Waals surface area contributed by atoms with Crippen molar-refractivity contribution in [3.8, 4) is 5.75 Å². The molecule has 0 unspecified atom stereocenters. The van der Waals surface area contributed by atoms with Gasteiger partial charge in [-0.2, -0.15) is 0 Å². The summed E-state index contributed by atoms with van der Waals surface area (Å²) in [4.78, 5) is 15.5. The maximum atomic E-state index is 12.2. The van der Waals surface area contributed by atoms with Gasteiger partial charge < -0.3 is 15.0 Å². The van der Waals surface area contributed by atoms with E-state index >= 15 is 0 Å². The highest BCUT2D eigenvalue weighted by Crippen LogP contribution is 2.18. The summed E-state index contributed by atoms with van der Waals surface area (Å²) in [5.74, 6) is 0.791. The minimum atomic E-state index is 0.00233. The zero-order valence-electron chi connectivity index (χ0n) is 13.3. The van der Waals surface area contributed by atoms with Gasteiger partial charge in [0.15, 0.2) is 0 Å². The van der Waals surface area contributed by atoms with Gasteiger partial charge in [-0.3, -0.25) is 4.79 Å². The van der Waals surface area contributed by atoms with Crippen LogP contribution in [0, 0.1) is 6.92 Å². The Kier molecular flexibility index (Phi) is 4.33. The van der Waals surface area contributed by atoms with E-state index in [4.69, 9.17) is 4.74 Å². The number of amides is 1. The molecule has 4 nitrogen and oxygen atoms in total. The highest BCUT2D eigenvalue weighted by molar-refractivity contribution is 5.84. The quantitative estimate of drug-likeness (QED) is 0.759. The van der Waals surface area contributed by atoms with Gasteiger partial charge in [0.25, 0.3) is 0 Å². The molecule has 23 heavy (non-hydrogen) atoms. The zero-order valence-corrected chi connectivity index (χ0v) is 13.3. The van der Waals surface area contributed by atoms with Crippen molar-refractivity contribution >= 4 is 16.8 Å². The SMILES string of the molecule is COc1ccccc1CNC(=O)Cc1ccc2[nH]c(C)cc2c1. The number of benzene rings is 2. The molecule has 0 radical (unpaired) electrons. The topological polar surface area (TPSA) is 54.1 Å². The molecule has 4 heteroatoms. The number of nitrogens with one attached hydrogen (secondary N) is 2. The average Bonchev–Trinajstić information content (AvgIpc) is 2.92. The average molecular weight is 308 g/mol. The first-order chi connectivity index (χ1) is 11.2. The number of fused-ring (bicyclic) bond motifs is 1. The third-order valence-electron chi connectivity index (χ3n) is 3.85. The van der Waals surface area contributed by atoms with Gasteiger partial charge in [-0.05, 0) is 42.1 Å². The minimum Gasteiger partial charge on any atom is -0.496 e. The molecule has 2 aromatic carbocycles. The largest absolute Gasteiger partial charge is 0.496 e. The molecule has 0 bridgehead atoms. The number of rotatable bonds is 5. The van der Waals surface area contributed by atoms with Crippen LogP contribution in [0.15, 0.2) is 48.5 Å². The summed E-state index contributed by atoms with van der Waals surface area (Å²) in [6, 6.07) is 15.8. The number of methoxy groups -OCH3 is 1. The number of H-pyrrole nitrogens is 1. The fraction of sp³-hybridized carbons (Fsp3) is 0.211. The third kappa shape index (κ3) is 3.54. The van der Waals surface area contributed by atoms with E-state index in [-0.39, 0.29) is 5.91 Å². The molecule has 118 valence electrons. The van der Waals surface area contributed by atoms with E-state index in [1.165, 1.54) is 0 Å². The Morgan fingerprint density at radius 1 is 1.17 bits per heavy atom. The fourth-order valence-electron chi connectivity index (χ4n) is 2.73. The summed E-state index contributed by atoms with van der Waals surface area (Å²) in [5.41, 5.74) is 4.20. The number of aryl methyl sites for hydroxylation is 1. The second-order valence-corrected chi connectivity index (χ2v) is 5.64. The molecule has 0 aliphatic heterocycles. The number of carbonyl (C=O) groups is 1. The standard InChI is InChI=1S/C19H20N2O2/c1-13-9-16-10-14(7-8-17(16)21-13)11-19(22)20-12-15-5-3-4-6-18(15)23-2/h3-10,21H,11-12H2,1-2H3,(H,20,22). The van der Waals surface area contributed by atoms with Crippen LogP contribution in [0.3, 0.4) is 0 Å². The van der Waals surface area contributed by atoms with Gasteiger partial charge >= 0.3 is 0 Å². The number of hydrogen-bond donors (Lipinski definition) is 2. The van der Waals surface area contributed by atoms with E-state index in [1.54, 1.807) is 7.11 Å². The van der Waals surface area contributed by atoms with E-state index in [2.05, 4.69) is 22.4 Å². The summed E-state index contributed by atoms with van der Waals surface area (Å²) in [6.45, 7) is 2.49. The molecule has 0 spiro atoms. The summed E-state index contributed by atoms with van der Waals surface area (Å²) >= 11 is 0. The van der Waals surface area contributed by atoms with Crippen LogP contribution in [0.1, 0.15) is 16.8 Å². The van der Waals surface area contributed by atoms with Crippen LogP contribution in [-0.2, 0) is 17.8 Å². The van der Waals surface area contributed by atoms with Crippen LogP contribution < -0.4 is 10.1 Å². The van der Waals surface area contributed by atoms with E-state index in [1.807, 2.05) is 43.3 Å². The summed E-state index contributed by atoms with van der Waals surface area (Å²) in [6.07, 6.45) is 0.370. The zero-order chi connectivity index (χ0) is 16.2. The monoisotopic (exact) mass is 308 g/mol.